The summed E-state index contributed by atoms with van der Waals surface area (Å²) in [6, 6.07) is 7.46. The van der Waals surface area contributed by atoms with Gasteiger partial charge < -0.3 is 5.11 Å². The van der Waals surface area contributed by atoms with Crippen LogP contribution in [0.2, 0.25) is 0 Å². The molecule has 4 nitrogen and oxygen atoms in total. The summed E-state index contributed by atoms with van der Waals surface area (Å²) < 4.78 is 3.78. The fourth-order valence-electron chi connectivity index (χ4n) is 1.22. The first-order valence-corrected chi connectivity index (χ1v) is 5.38. The molecule has 1 aromatic carbocycles. The Bertz CT molecular complexity index is 503. The summed E-state index contributed by atoms with van der Waals surface area (Å²) >= 11 is 1.30. The summed E-state index contributed by atoms with van der Waals surface area (Å²) in [6.45, 7) is 0. The van der Waals surface area contributed by atoms with E-state index in [4.69, 9.17) is 5.11 Å². The Kier molecular flexibility index (Phi) is 3.07. The van der Waals surface area contributed by atoms with E-state index in [2.05, 4.69) is 9.59 Å². The van der Waals surface area contributed by atoms with E-state index < -0.39 is 5.97 Å². The molecule has 0 aliphatic heterocycles. The van der Waals surface area contributed by atoms with Crippen molar-refractivity contribution >= 4 is 23.6 Å². The second kappa shape index (κ2) is 4.67. The lowest BCUT2D eigenvalue weighted by Crippen LogP contribution is -1.85. The molecule has 0 saturated heterocycles. The van der Waals surface area contributed by atoms with E-state index in [9.17, 15) is 4.79 Å². The Morgan fingerprint density at radius 2 is 2.06 bits per heavy atom. The molecule has 5 heteroatoms. The van der Waals surface area contributed by atoms with Crippen LogP contribution in [0.15, 0.2) is 35.7 Å². The molecule has 0 spiro atoms. The average Bonchev–Trinajstić information content (AvgIpc) is 2.80. The number of aliphatic carboxylic acids is 1. The highest BCUT2D eigenvalue weighted by Crippen LogP contribution is 2.18. The van der Waals surface area contributed by atoms with E-state index in [1.165, 1.54) is 11.5 Å². The average molecular weight is 232 g/mol. The van der Waals surface area contributed by atoms with Crippen LogP contribution in [0.4, 0.5) is 0 Å². The monoisotopic (exact) mass is 232 g/mol. The number of hydrogen-bond donors (Lipinski definition) is 1. The molecular formula is C11H8N2O2S. The zero-order valence-corrected chi connectivity index (χ0v) is 9.02. The van der Waals surface area contributed by atoms with Gasteiger partial charge in [-0.1, -0.05) is 28.8 Å². The Hall–Kier alpha value is -2.01. The first-order chi connectivity index (χ1) is 7.75. The van der Waals surface area contributed by atoms with E-state index >= 15 is 0 Å². The molecule has 0 atom stereocenters. The highest BCUT2D eigenvalue weighted by molar-refractivity contribution is 7.03. The van der Waals surface area contributed by atoms with Crippen molar-refractivity contribution in [3.05, 3.63) is 41.3 Å². The molecule has 16 heavy (non-hydrogen) atoms. The van der Waals surface area contributed by atoms with Crippen molar-refractivity contribution < 1.29 is 9.90 Å². The van der Waals surface area contributed by atoms with Gasteiger partial charge >= 0.3 is 5.97 Å². The lowest BCUT2D eigenvalue weighted by atomic mass is 10.1. The number of carboxylic acids is 1. The lowest BCUT2D eigenvalue weighted by Gasteiger charge is -1.96. The second-order valence-electron chi connectivity index (χ2n) is 3.08. The number of rotatable bonds is 3. The molecule has 1 heterocycles. The second-order valence-corrected chi connectivity index (χ2v) is 3.69. The summed E-state index contributed by atoms with van der Waals surface area (Å²) in [5.74, 6) is -0.951. The van der Waals surface area contributed by atoms with Crippen LogP contribution in [0.25, 0.3) is 17.3 Å². The van der Waals surface area contributed by atoms with E-state index in [0.717, 1.165) is 22.9 Å². The van der Waals surface area contributed by atoms with Crippen molar-refractivity contribution in [1.82, 2.24) is 9.59 Å². The molecule has 0 fully saturated rings. The summed E-state index contributed by atoms with van der Waals surface area (Å²) in [4.78, 5) is 10.3. The third-order valence-corrected chi connectivity index (χ3v) is 2.49. The maximum absolute atomic E-state index is 10.3. The smallest absolute Gasteiger partial charge is 0.328 e. The van der Waals surface area contributed by atoms with Gasteiger partial charge in [0.2, 0.25) is 0 Å². The Labute approximate surface area is 96.0 Å². The first-order valence-electron chi connectivity index (χ1n) is 4.54. The Balaban J connectivity index is 2.20. The van der Waals surface area contributed by atoms with Crippen LogP contribution in [-0.4, -0.2) is 20.7 Å². The van der Waals surface area contributed by atoms with Crippen molar-refractivity contribution in [2.45, 2.75) is 0 Å². The van der Waals surface area contributed by atoms with Gasteiger partial charge in [0.05, 0.1) is 0 Å². The minimum Gasteiger partial charge on any atom is -0.478 e. The van der Waals surface area contributed by atoms with Gasteiger partial charge in [0.1, 0.15) is 5.69 Å². The van der Waals surface area contributed by atoms with Crippen LogP contribution in [-0.2, 0) is 4.79 Å². The highest BCUT2D eigenvalue weighted by Gasteiger charge is 1.99. The van der Waals surface area contributed by atoms with Crippen molar-refractivity contribution in [2.24, 2.45) is 0 Å². The minimum atomic E-state index is -0.951. The standard InChI is InChI=1S/C11H8N2O2S/c14-11(15)6-3-8-1-4-9(5-2-8)10-7-16-13-12-10/h1-7H,(H,14,15)/b6-3+. The Morgan fingerprint density at radius 3 is 2.62 bits per heavy atom. The largest absolute Gasteiger partial charge is 0.478 e. The van der Waals surface area contributed by atoms with Crippen molar-refractivity contribution in [3.63, 3.8) is 0 Å². The number of carboxylic acid groups (broad SMARTS) is 1. The molecule has 1 N–H and O–H groups in total. The van der Waals surface area contributed by atoms with E-state index in [1.807, 2.05) is 29.6 Å². The van der Waals surface area contributed by atoms with Crippen LogP contribution in [0.3, 0.4) is 0 Å². The van der Waals surface area contributed by atoms with Gasteiger partial charge in [-0.2, -0.15) is 0 Å². The quantitative estimate of drug-likeness (QED) is 0.825. The van der Waals surface area contributed by atoms with Crippen molar-refractivity contribution in [3.8, 4) is 11.3 Å². The van der Waals surface area contributed by atoms with Crippen LogP contribution < -0.4 is 0 Å². The highest BCUT2D eigenvalue weighted by atomic mass is 32.1. The molecule has 0 amide bonds. The molecule has 0 unspecified atom stereocenters. The van der Waals surface area contributed by atoms with Crippen LogP contribution in [0.5, 0.6) is 0 Å². The molecule has 2 rings (SSSR count). The predicted octanol–water partition coefficient (Wildman–Crippen LogP) is 2.30. The number of nitrogens with zero attached hydrogens (tertiary/aromatic N) is 2. The van der Waals surface area contributed by atoms with Crippen LogP contribution >= 0.6 is 11.5 Å². The molecule has 0 aliphatic rings. The van der Waals surface area contributed by atoms with Crippen LogP contribution in [0.1, 0.15) is 5.56 Å². The van der Waals surface area contributed by atoms with Gasteiger partial charge in [0.15, 0.2) is 0 Å². The molecule has 0 radical (unpaired) electrons. The van der Waals surface area contributed by atoms with E-state index in [0.29, 0.717) is 0 Å². The van der Waals surface area contributed by atoms with Gasteiger partial charge in [-0.15, -0.1) is 5.10 Å². The number of hydrogen-bond acceptors (Lipinski definition) is 4. The molecule has 1 aromatic heterocycles. The lowest BCUT2D eigenvalue weighted by molar-refractivity contribution is -0.131. The van der Waals surface area contributed by atoms with Gasteiger partial charge in [0, 0.05) is 17.0 Å². The molecular weight excluding hydrogens is 224 g/mol. The number of carbonyl (C=O) groups is 1. The molecule has 2 aromatic rings. The van der Waals surface area contributed by atoms with E-state index in [-0.39, 0.29) is 0 Å². The number of benzene rings is 1. The Morgan fingerprint density at radius 1 is 1.31 bits per heavy atom. The molecule has 0 saturated carbocycles. The van der Waals surface area contributed by atoms with Gasteiger partial charge in [-0.3, -0.25) is 0 Å². The van der Waals surface area contributed by atoms with Gasteiger partial charge in [0.25, 0.3) is 0 Å². The fraction of sp³-hybridized carbons (Fsp3) is 0. The van der Waals surface area contributed by atoms with Crippen LogP contribution in [0, 0.1) is 0 Å². The summed E-state index contributed by atoms with van der Waals surface area (Å²) in [7, 11) is 0. The topological polar surface area (TPSA) is 63.1 Å². The molecule has 80 valence electrons. The SMILES string of the molecule is O=C(O)/C=C/c1ccc(-c2csnn2)cc1. The van der Waals surface area contributed by atoms with Gasteiger partial charge in [-0.05, 0) is 23.2 Å². The maximum Gasteiger partial charge on any atom is 0.328 e. The van der Waals surface area contributed by atoms with E-state index in [1.54, 1.807) is 6.08 Å². The maximum atomic E-state index is 10.3. The predicted molar refractivity (Wildman–Crippen MR) is 62.0 cm³/mol. The first kappa shape index (κ1) is 10.5. The zero-order valence-electron chi connectivity index (χ0n) is 8.20. The summed E-state index contributed by atoms with van der Waals surface area (Å²) in [5, 5.41) is 14.3. The normalized spacial score (nSPS) is 10.8. The molecule has 0 aliphatic carbocycles. The summed E-state index contributed by atoms with van der Waals surface area (Å²) in [6.07, 6.45) is 2.66. The molecule has 0 bridgehead atoms. The minimum absolute atomic E-state index is 0.832. The zero-order chi connectivity index (χ0) is 11.4. The number of aromatic nitrogens is 2. The van der Waals surface area contributed by atoms with Crippen molar-refractivity contribution in [1.29, 1.82) is 0 Å². The third-order valence-electron chi connectivity index (χ3n) is 1.98. The third kappa shape index (κ3) is 2.52. The summed E-state index contributed by atoms with van der Waals surface area (Å²) in [5.41, 5.74) is 2.65. The van der Waals surface area contributed by atoms with Gasteiger partial charge in [-0.25, -0.2) is 4.79 Å². The fourth-order valence-corrected chi connectivity index (χ4v) is 1.69. The van der Waals surface area contributed by atoms with Crippen molar-refractivity contribution in [2.75, 3.05) is 0 Å².